The van der Waals surface area contributed by atoms with Crippen molar-refractivity contribution in [1.82, 2.24) is 19.1 Å². The van der Waals surface area contributed by atoms with Crippen molar-refractivity contribution >= 4 is 69.1 Å². The van der Waals surface area contributed by atoms with Crippen molar-refractivity contribution in [2.45, 2.75) is 0 Å². The van der Waals surface area contributed by atoms with Gasteiger partial charge in [0.1, 0.15) is 0 Å². The summed E-state index contributed by atoms with van der Waals surface area (Å²) < 4.78 is 4.45. The average Bonchev–Trinajstić information content (AvgIpc) is 3.99. The second-order valence-electron chi connectivity index (χ2n) is 13.7. The molecule has 0 aliphatic carbocycles. The number of rotatable bonds is 4. The Balaban J connectivity index is 0.00000427. The predicted octanol–water partition coefficient (Wildman–Crippen LogP) is 9.67. The van der Waals surface area contributed by atoms with Gasteiger partial charge in [-0.1, -0.05) is 48.5 Å². The molecule has 0 fully saturated rings. The van der Waals surface area contributed by atoms with E-state index in [9.17, 15) is 0 Å². The van der Waals surface area contributed by atoms with E-state index in [2.05, 4.69) is 120 Å². The maximum Gasteiger partial charge on any atom is 0.0737 e. The molecule has 0 atom stereocenters. The minimum atomic E-state index is 0. The average molecular weight is 766 g/mol. The third-order valence-electron chi connectivity index (χ3n) is 10.4. The summed E-state index contributed by atoms with van der Waals surface area (Å²) in [4.78, 5) is 10.8. The number of aryl methyl sites for hydroxylation is 2. The Morgan fingerprint density at radius 3 is 0.727 bits per heavy atom. The molecular formula is C46H38CuN8. The molecule has 9 rings (SSSR count). The number of aromatic nitrogens is 4. The van der Waals surface area contributed by atoms with Crippen LogP contribution in [0, 0.1) is 0 Å². The van der Waals surface area contributed by atoms with Gasteiger partial charge in [0, 0.05) is 76.2 Å². The third kappa shape index (κ3) is 6.15. The standard InChI is InChI=1S/C46H38N8.Cu/c1-53-39-23-24-40(53)44(28-5-13-32(48)14-6-28)36-20-22-38(52-36)46(30-9-17-34(50)18-10-30)42-26-25-41(54(42)2)45(29-7-15-33(49)16-8-29)37-21-19-35(51-37)43(39)27-3-11-31(47)12-4-27;/h3-26H,47-50H2,1-2H3;. The van der Waals surface area contributed by atoms with Crippen LogP contribution in [-0.4, -0.2) is 19.1 Å². The largest absolute Gasteiger partial charge is 0.399 e. The number of nitrogens with two attached hydrogens (primary N) is 4. The van der Waals surface area contributed by atoms with Gasteiger partial charge in [-0.3, -0.25) is 0 Å². The van der Waals surface area contributed by atoms with Gasteiger partial charge in [0.25, 0.3) is 0 Å². The van der Waals surface area contributed by atoms with E-state index in [1.54, 1.807) is 0 Å². The number of benzene rings is 4. The Bertz CT molecular complexity index is 2460. The van der Waals surface area contributed by atoms with Crippen LogP contribution in [-0.2, 0) is 31.2 Å². The molecule has 273 valence electrons. The number of anilines is 4. The van der Waals surface area contributed by atoms with Crippen LogP contribution >= 0.6 is 0 Å². The van der Waals surface area contributed by atoms with E-state index >= 15 is 0 Å². The van der Waals surface area contributed by atoms with Crippen molar-refractivity contribution in [3.8, 4) is 44.5 Å². The van der Waals surface area contributed by atoms with Gasteiger partial charge in [0.15, 0.2) is 0 Å². The summed E-state index contributed by atoms with van der Waals surface area (Å²) in [6, 6.07) is 40.6. The van der Waals surface area contributed by atoms with Crippen LogP contribution in [0.2, 0.25) is 0 Å². The minimum Gasteiger partial charge on any atom is -0.399 e. The van der Waals surface area contributed by atoms with Crippen LogP contribution in [0.15, 0.2) is 121 Å². The number of hydrogen-bond acceptors (Lipinski definition) is 6. The van der Waals surface area contributed by atoms with E-state index in [4.69, 9.17) is 32.9 Å². The van der Waals surface area contributed by atoms with E-state index in [-0.39, 0.29) is 17.1 Å². The Morgan fingerprint density at radius 1 is 0.327 bits per heavy atom. The van der Waals surface area contributed by atoms with Gasteiger partial charge in [-0.15, -0.1) is 0 Å². The van der Waals surface area contributed by atoms with Crippen LogP contribution in [0.5, 0.6) is 0 Å². The molecule has 2 aliphatic heterocycles. The Morgan fingerprint density at radius 2 is 0.527 bits per heavy atom. The smallest absolute Gasteiger partial charge is 0.0737 e. The Kier molecular flexibility index (Phi) is 8.89. The summed E-state index contributed by atoms with van der Waals surface area (Å²) in [5.41, 5.74) is 42.9. The first-order valence-corrected chi connectivity index (χ1v) is 17.8. The van der Waals surface area contributed by atoms with E-state index in [0.717, 1.165) is 89.4 Å². The molecule has 55 heavy (non-hydrogen) atoms. The molecule has 9 heteroatoms. The van der Waals surface area contributed by atoms with E-state index < -0.39 is 0 Å². The van der Waals surface area contributed by atoms with Gasteiger partial charge in [-0.05, 0) is 119 Å². The summed E-state index contributed by atoms with van der Waals surface area (Å²) in [6.45, 7) is 0. The molecule has 0 amide bonds. The second-order valence-corrected chi connectivity index (χ2v) is 13.7. The van der Waals surface area contributed by atoms with Gasteiger partial charge in [0.05, 0.1) is 44.8 Å². The number of nitrogen functional groups attached to an aromatic ring is 4. The van der Waals surface area contributed by atoms with Crippen molar-refractivity contribution in [2.75, 3.05) is 22.9 Å². The fraction of sp³-hybridized carbons (Fsp3) is 0.0435. The molecule has 5 heterocycles. The van der Waals surface area contributed by atoms with Crippen LogP contribution in [0.3, 0.4) is 0 Å². The van der Waals surface area contributed by atoms with Crippen LogP contribution in [0.1, 0.15) is 22.8 Å². The maximum atomic E-state index is 6.19. The summed E-state index contributed by atoms with van der Waals surface area (Å²) >= 11 is 0. The Hall–Kier alpha value is -6.80. The summed E-state index contributed by atoms with van der Waals surface area (Å²) in [5, 5.41) is 0. The normalized spacial score (nSPS) is 11.8. The van der Waals surface area contributed by atoms with E-state index in [0.29, 0.717) is 22.7 Å². The first-order valence-electron chi connectivity index (χ1n) is 17.8. The van der Waals surface area contributed by atoms with Crippen molar-refractivity contribution in [3.63, 3.8) is 0 Å². The fourth-order valence-electron chi connectivity index (χ4n) is 7.62. The SMILES string of the molecule is Cn1c2ccc1c(-c1ccc(N)cc1)c1nc(c(-c3ccc(N)cc3)c3ccc(c(-c4ccc(N)cc4)c4nc(c2-c2ccc(N)cc2)C=C4)n3C)C=C1.[Cu]. The number of nitrogens with zero attached hydrogens (tertiary/aromatic N) is 4. The number of hydrogen-bond donors (Lipinski definition) is 4. The summed E-state index contributed by atoms with van der Waals surface area (Å²) in [6.07, 6.45) is 8.42. The molecule has 2 aliphatic rings. The zero-order chi connectivity index (χ0) is 37.1. The summed E-state index contributed by atoms with van der Waals surface area (Å²) in [7, 11) is 4.19. The first kappa shape index (κ1) is 35.2. The fourth-order valence-corrected chi connectivity index (χ4v) is 7.62. The molecule has 0 spiro atoms. The van der Waals surface area contributed by atoms with Crippen LogP contribution < -0.4 is 22.9 Å². The second kappa shape index (κ2) is 13.9. The van der Waals surface area contributed by atoms with Crippen molar-refractivity contribution < 1.29 is 17.1 Å². The zero-order valence-corrected chi connectivity index (χ0v) is 31.2. The molecule has 0 saturated heterocycles. The molecule has 1 radical (unpaired) electrons. The molecule has 3 aromatic heterocycles. The molecule has 4 aromatic carbocycles. The van der Waals surface area contributed by atoms with Gasteiger partial charge in [0.2, 0.25) is 0 Å². The topological polar surface area (TPSA) is 140 Å². The molecule has 8 nitrogen and oxygen atoms in total. The zero-order valence-electron chi connectivity index (χ0n) is 30.3. The van der Waals surface area contributed by atoms with Crippen LogP contribution in [0.25, 0.3) is 90.9 Å². The van der Waals surface area contributed by atoms with Gasteiger partial charge in [-0.2, -0.15) is 0 Å². The van der Waals surface area contributed by atoms with Crippen molar-refractivity contribution in [1.29, 1.82) is 0 Å². The van der Waals surface area contributed by atoms with Gasteiger partial charge in [-0.25, -0.2) is 9.97 Å². The maximum absolute atomic E-state index is 6.19. The van der Waals surface area contributed by atoms with Gasteiger partial charge >= 0.3 is 0 Å². The molecule has 0 saturated carbocycles. The monoisotopic (exact) mass is 765 g/mol. The van der Waals surface area contributed by atoms with Gasteiger partial charge < -0.3 is 32.1 Å². The molecular weight excluding hydrogens is 728 g/mol. The minimum absolute atomic E-state index is 0. The van der Waals surface area contributed by atoms with Crippen molar-refractivity contribution in [2.24, 2.45) is 14.1 Å². The predicted molar refractivity (Wildman–Crippen MR) is 227 cm³/mol. The molecule has 8 bridgehead atoms. The van der Waals surface area contributed by atoms with Crippen LogP contribution in [0.4, 0.5) is 22.7 Å². The van der Waals surface area contributed by atoms with E-state index in [1.807, 2.05) is 48.5 Å². The Labute approximate surface area is 329 Å². The first-order chi connectivity index (χ1) is 26.2. The van der Waals surface area contributed by atoms with Crippen molar-refractivity contribution in [3.05, 3.63) is 144 Å². The third-order valence-corrected chi connectivity index (χ3v) is 10.4. The van der Waals surface area contributed by atoms with E-state index in [1.165, 1.54) is 0 Å². The number of fused-ring (bicyclic) bond motifs is 8. The molecule has 8 N–H and O–H groups in total. The molecule has 7 aromatic rings. The molecule has 0 unspecified atom stereocenters. The quantitative estimate of drug-likeness (QED) is 0.104. The summed E-state index contributed by atoms with van der Waals surface area (Å²) in [5.74, 6) is 0.